The van der Waals surface area contributed by atoms with Gasteiger partial charge in [0.15, 0.2) is 11.5 Å². The zero-order valence-electron chi connectivity index (χ0n) is 19.7. The highest BCUT2D eigenvalue weighted by atomic mass is 32.2. The van der Waals surface area contributed by atoms with Crippen LogP contribution in [0, 0.1) is 19.3 Å². The van der Waals surface area contributed by atoms with E-state index in [1.54, 1.807) is 55.5 Å². The number of thioether (sulfide) groups is 1. The number of esters is 1. The van der Waals surface area contributed by atoms with Crippen molar-refractivity contribution in [3.05, 3.63) is 75.4 Å². The molecular formula is C27H25NO6S. The molecule has 1 amide bonds. The average Bonchev–Trinajstić information content (AvgIpc) is 3.13. The SMILES string of the molecule is C#CCOc1ccc(/C=C2\SC(=NC(=O)c3ccc(C)cc3)C(C(=O)OCC)=C2O)cc1OCC. The van der Waals surface area contributed by atoms with E-state index >= 15 is 0 Å². The summed E-state index contributed by atoms with van der Waals surface area (Å²) in [6.45, 7) is 6.03. The lowest BCUT2D eigenvalue weighted by Gasteiger charge is -2.11. The molecule has 1 aliphatic heterocycles. The first-order chi connectivity index (χ1) is 16.9. The molecule has 0 spiro atoms. The van der Waals surface area contributed by atoms with Gasteiger partial charge in [-0.05, 0) is 56.7 Å². The summed E-state index contributed by atoms with van der Waals surface area (Å²) < 4.78 is 16.2. The third-order valence-electron chi connectivity index (χ3n) is 4.75. The fourth-order valence-electron chi connectivity index (χ4n) is 3.12. The summed E-state index contributed by atoms with van der Waals surface area (Å²) in [7, 11) is 0. The molecular weight excluding hydrogens is 466 g/mol. The van der Waals surface area contributed by atoms with Crippen molar-refractivity contribution in [3.63, 3.8) is 0 Å². The lowest BCUT2D eigenvalue weighted by Crippen LogP contribution is -2.14. The molecule has 0 fully saturated rings. The van der Waals surface area contributed by atoms with Crippen LogP contribution in [0.15, 0.2) is 63.7 Å². The molecule has 35 heavy (non-hydrogen) atoms. The van der Waals surface area contributed by atoms with E-state index in [-0.39, 0.29) is 29.6 Å². The Hall–Kier alpha value is -3.96. The van der Waals surface area contributed by atoms with Crippen LogP contribution in [0.5, 0.6) is 11.5 Å². The van der Waals surface area contributed by atoms with Gasteiger partial charge in [-0.25, -0.2) is 9.79 Å². The molecule has 0 aliphatic carbocycles. The summed E-state index contributed by atoms with van der Waals surface area (Å²) in [6, 6.07) is 12.1. The van der Waals surface area contributed by atoms with E-state index in [0.717, 1.165) is 17.3 Å². The van der Waals surface area contributed by atoms with Crippen LogP contribution >= 0.6 is 11.8 Å². The highest BCUT2D eigenvalue weighted by Crippen LogP contribution is 2.40. The summed E-state index contributed by atoms with van der Waals surface area (Å²) >= 11 is 1.01. The third kappa shape index (κ3) is 6.34. The fourth-order valence-corrected chi connectivity index (χ4v) is 4.13. The number of benzene rings is 2. The van der Waals surface area contributed by atoms with Gasteiger partial charge in [-0.15, -0.1) is 6.42 Å². The molecule has 180 valence electrons. The highest BCUT2D eigenvalue weighted by Gasteiger charge is 2.34. The summed E-state index contributed by atoms with van der Waals surface area (Å²) in [5.74, 6) is 1.78. The van der Waals surface area contributed by atoms with Crippen molar-refractivity contribution < 1.29 is 28.9 Å². The van der Waals surface area contributed by atoms with Crippen molar-refractivity contribution in [3.8, 4) is 23.8 Å². The number of carbonyl (C=O) groups excluding carboxylic acids is 2. The maximum Gasteiger partial charge on any atom is 0.344 e. The van der Waals surface area contributed by atoms with Crippen LogP contribution in [0.25, 0.3) is 6.08 Å². The molecule has 0 unspecified atom stereocenters. The van der Waals surface area contributed by atoms with Crippen LogP contribution in [0.3, 0.4) is 0 Å². The van der Waals surface area contributed by atoms with Crippen LogP contribution in [0.4, 0.5) is 0 Å². The Morgan fingerprint density at radius 2 is 1.83 bits per heavy atom. The van der Waals surface area contributed by atoms with Crippen molar-refractivity contribution in [1.29, 1.82) is 0 Å². The minimum atomic E-state index is -0.760. The predicted molar refractivity (Wildman–Crippen MR) is 137 cm³/mol. The topological polar surface area (TPSA) is 94.4 Å². The molecule has 0 atom stereocenters. The number of hydrogen-bond donors (Lipinski definition) is 1. The Morgan fingerprint density at radius 1 is 1.09 bits per heavy atom. The number of hydrogen-bond acceptors (Lipinski definition) is 7. The maximum atomic E-state index is 12.7. The van der Waals surface area contributed by atoms with E-state index in [1.165, 1.54) is 0 Å². The monoisotopic (exact) mass is 491 g/mol. The first kappa shape index (κ1) is 25.7. The standard InChI is InChI=1S/C27H25NO6S/c1-5-14-34-20-13-10-18(15-21(20)32-6-2)16-22-24(29)23(27(31)33-7-3)26(35-22)28-25(30)19-11-8-17(4)9-12-19/h1,8-13,15-16,29H,6-7,14H2,2-4H3/b22-16-,28-26?. The lowest BCUT2D eigenvalue weighted by atomic mass is 10.1. The number of carbonyl (C=O) groups is 2. The van der Waals surface area contributed by atoms with Crippen LogP contribution < -0.4 is 9.47 Å². The Bertz CT molecular complexity index is 1250. The van der Waals surface area contributed by atoms with E-state index in [2.05, 4.69) is 10.9 Å². The molecule has 3 rings (SSSR count). The number of nitrogens with zero attached hydrogens (tertiary/aromatic N) is 1. The molecule has 0 bridgehead atoms. The summed E-state index contributed by atoms with van der Waals surface area (Å²) in [5.41, 5.74) is 1.89. The molecule has 2 aromatic carbocycles. The Kier molecular flexibility index (Phi) is 8.76. The number of aliphatic hydroxyl groups excluding tert-OH is 1. The van der Waals surface area contributed by atoms with E-state index < -0.39 is 11.9 Å². The van der Waals surface area contributed by atoms with Gasteiger partial charge in [0.25, 0.3) is 5.91 Å². The number of amides is 1. The first-order valence-electron chi connectivity index (χ1n) is 10.9. The molecule has 0 saturated carbocycles. The number of aryl methyl sites for hydroxylation is 1. The average molecular weight is 492 g/mol. The van der Waals surface area contributed by atoms with E-state index in [9.17, 15) is 14.7 Å². The van der Waals surface area contributed by atoms with Gasteiger partial charge in [-0.1, -0.05) is 41.4 Å². The number of aliphatic hydroxyl groups is 1. The fraction of sp³-hybridized carbons (Fsp3) is 0.222. The van der Waals surface area contributed by atoms with Gasteiger partial charge in [-0.3, -0.25) is 4.79 Å². The van der Waals surface area contributed by atoms with Crippen LogP contribution in [0.1, 0.15) is 35.3 Å². The number of ether oxygens (including phenoxy) is 3. The first-order valence-corrected chi connectivity index (χ1v) is 11.7. The Morgan fingerprint density at radius 3 is 2.49 bits per heavy atom. The molecule has 1 heterocycles. The highest BCUT2D eigenvalue weighted by molar-refractivity contribution is 8.18. The Labute approximate surface area is 208 Å². The normalized spacial score (nSPS) is 15.3. The molecule has 1 aliphatic rings. The number of rotatable bonds is 8. The molecule has 7 nitrogen and oxygen atoms in total. The zero-order valence-corrected chi connectivity index (χ0v) is 20.5. The third-order valence-corrected chi connectivity index (χ3v) is 5.77. The second kappa shape index (κ2) is 12.0. The van der Waals surface area contributed by atoms with Gasteiger partial charge >= 0.3 is 5.97 Å². The zero-order chi connectivity index (χ0) is 25.4. The van der Waals surface area contributed by atoms with Crippen molar-refractivity contribution >= 4 is 34.8 Å². The van der Waals surface area contributed by atoms with E-state index in [1.807, 2.05) is 13.8 Å². The lowest BCUT2D eigenvalue weighted by molar-refractivity contribution is -0.138. The van der Waals surface area contributed by atoms with Gasteiger partial charge in [-0.2, -0.15) is 0 Å². The van der Waals surface area contributed by atoms with Crippen molar-refractivity contribution in [1.82, 2.24) is 0 Å². The molecule has 2 aromatic rings. The number of aliphatic imine (C=N–C) groups is 1. The van der Waals surface area contributed by atoms with Crippen LogP contribution in [-0.4, -0.2) is 41.8 Å². The van der Waals surface area contributed by atoms with Gasteiger partial charge in [0.05, 0.1) is 18.1 Å². The van der Waals surface area contributed by atoms with E-state index in [0.29, 0.717) is 34.1 Å². The quantitative estimate of drug-likeness (QED) is 0.405. The van der Waals surface area contributed by atoms with Crippen molar-refractivity contribution in [2.45, 2.75) is 20.8 Å². The van der Waals surface area contributed by atoms with Gasteiger partial charge in [0, 0.05) is 5.56 Å². The summed E-state index contributed by atoms with van der Waals surface area (Å²) in [6.07, 6.45) is 6.93. The summed E-state index contributed by atoms with van der Waals surface area (Å²) in [4.78, 5) is 29.8. The largest absolute Gasteiger partial charge is 0.506 e. The van der Waals surface area contributed by atoms with Crippen LogP contribution in [0.2, 0.25) is 0 Å². The van der Waals surface area contributed by atoms with Gasteiger partial charge in [0.2, 0.25) is 0 Å². The van der Waals surface area contributed by atoms with Crippen LogP contribution in [-0.2, 0) is 9.53 Å². The second-order valence-corrected chi connectivity index (χ2v) is 8.31. The smallest absolute Gasteiger partial charge is 0.344 e. The maximum absolute atomic E-state index is 12.7. The molecule has 0 aromatic heterocycles. The van der Waals surface area contributed by atoms with Gasteiger partial charge < -0.3 is 19.3 Å². The number of terminal acetylenes is 1. The minimum Gasteiger partial charge on any atom is -0.506 e. The molecule has 1 N–H and O–H groups in total. The molecule has 0 radical (unpaired) electrons. The minimum absolute atomic E-state index is 0.0665. The molecule has 8 heteroatoms. The van der Waals surface area contributed by atoms with E-state index in [4.69, 9.17) is 20.6 Å². The Balaban J connectivity index is 1.99. The van der Waals surface area contributed by atoms with Gasteiger partial charge in [0.1, 0.15) is 23.0 Å². The summed E-state index contributed by atoms with van der Waals surface area (Å²) in [5, 5.41) is 10.9. The predicted octanol–water partition coefficient (Wildman–Crippen LogP) is 5.11. The van der Waals surface area contributed by atoms with Crippen molar-refractivity contribution in [2.75, 3.05) is 19.8 Å². The van der Waals surface area contributed by atoms with Crippen molar-refractivity contribution in [2.24, 2.45) is 4.99 Å². The molecule has 0 saturated heterocycles. The second-order valence-electron chi connectivity index (χ2n) is 7.27.